The highest BCUT2D eigenvalue weighted by Crippen LogP contribution is 2.14. The normalized spacial score (nSPS) is 18.5. The molecule has 0 aromatic heterocycles. The average Bonchev–Trinajstić information content (AvgIpc) is 2.54. The fourth-order valence-corrected chi connectivity index (χ4v) is 2.68. The Hall–Kier alpha value is -1.61. The number of hydrogen-bond acceptors (Lipinski definition) is 2. The molecule has 1 aromatic carbocycles. The molecular formula is C18H25NO2. The monoisotopic (exact) mass is 287 g/mol. The van der Waals surface area contributed by atoms with E-state index in [1.807, 2.05) is 11.0 Å². The van der Waals surface area contributed by atoms with Crippen molar-refractivity contribution in [2.75, 3.05) is 19.7 Å². The van der Waals surface area contributed by atoms with Crippen LogP contribution < -0.4 is 0 Å². The topological polar surface area (TPSA) is 29.5 Å². The van der Waals surface area contributed by atoms with Crippen LogP contribution in [0, 0.1) is 0 Å². The van der Waals surface area contributed by atoms with Gasteiger partial charge in [-0.05, 0) is 31.2 Å². The molecule has 1 amide bonds. The maximum absolute atomic E-state index is 12.0. The first kappa shape index (κ1) is 15.8. The van der Waals surface area contributed by atoms with E-state index in [9.17, 15) is 4.79 Å². The zero-order valence-electron chi connectivity index (χ0n) is 12.7. The number of carbonyl (C=O) groups excluding carboxylic acids is 1. The molecule has 1 unspecified atom stereocenters. The summed E-state index contributed by atoms with van der Waals surface area (Å²) < 4.78 is 5.79. The quantitative estimate of drug-likeness (QED) is 0.721. The second-order valence-corrected chi connectivity index (χ2v) is 5.54. The first-order valence-corrected chi connectivity index (χ1v) is 7.84. The number of carbonyl (C=O) groups is 1. The van der Waals surface area contributed by atoms with Crippen molar-refractivity contribution in [3.05, 3.63) is 48.6 Å². The largest absolute Gasteiger partial charge is 0.375 e. The molecule has 1 aromatic rings. The molecule has 0 radical (unpaired) electrons. The molecule has 1 saturated heterocycles. The standard InChI is InChI=1S/C18H25NO2/c1-2-3-12-18(20)19-13-14-21-17(15-19)11-7-10-16-8-5-4-6-9-16/h2,4-6,8-9,17H,1,3,7,10-15H2. The van der Waals surface area contributed by atoms with Crippen molar-refractivity contribution in [2.45, 2.75) is 38.2 Å². The Morgan fingerprint density at radius 3 is 2.95 bits per heavy atom. The van der Waals surface area contributed by atoms with Gasteiger partial charge in [-0.2, -0.15) is 0 Å². The molecule has 21 heavy (non-hydrogen) atoms. The third-order valence-corrected chi connectivity index (χ3v) is 3.89. The summed E-state index contributed by atoms with van der Waals surface area (Å²) in [4.78, 5) is 14.0. The highest BCUT2D eigenvalue weighted by Gasteiger charge is 2.23. The molecule has 3 nitrogen and oxygen atoms in total. The van der Waals surface area contributed by atoms with Gasteiger partial charge in [-0.15, -0.1) is 6.58 Å². The van der Waals surface area contributed by atoms with Gasteiger partial charge in [0.15, 0.2) is 0 Å². The van der Waals surface area contributed by atoms with Crippen LogP contribution in [0.4, 0.5) is 0 Å². The summed E-state index contributed by atoms with van der Waals surface area (Å²) in [6.45, 7) is 5.80. The molecular weight excluding hydrogens is 262 g/mol. The predicted octanol–water partition coefficient (Wildman–Crippen LogP) is 3.20. The highest BCUT2D eigenvalue weighted by atomic mass is 16.5. The number of aryl methyl sites for hydroxylation is 1. The van der Waals surface area contributed by atoms with E-state index >= 15 is 0 Å². The zero-order chi connectivity index (χ0) is 14.9. The number of ether oxygens (including phenoxy) is 1. The number of morpholine rings is 1. The van der Waals surface area contributed by atoms with E-state index in [1.165, 1.54) is 5.56 Å². The highest BCUT2D eigenvalue weighted by molar-refractivity contribution is 5.76. The van der Waals surface area contributed by atoms with Gasteiger partial charge in [-0.3, -0.25) is 4.79 Å². The average molecular weight is 287 g/mol. The fraction of sp³-hybridized carbons (Fsp3) is 0.500. The summed E-state index contributed by atoms with van der Waals surface area (Å²) in [6, 6.07) is 10.5. The number of amides is 1. The Bertz CT molecular complexity index is 444. The lowest BCUT2D eigenvalue weighted by molar-refractivity contribution is -0.138. The van der Waals surface area contributed by atoms with Crippen molar-refractivity contribution in [2.24, 2.45) is 0 Å². The Kier molecular flexibility index (Phi) is 6.48. The molecule has 0 saturated carbocycles. The lowest BCUT2D eigenvalue weighted by Gasteiger charge is -2.33. The van der Waals surface area contributed by atoms with Gasteiger partial charge >= 0.3 is 0 Å². The van der Waals surface area contributed by atoms with Crippen molar-refractivity contribution >= 4 is 5.91 Å². The van der Waals surface area contributed by atoms with Crippen LogP contribution in [0.15, 0.2) is 43.0 Å². The third kappa shape index (κ3) is 5.35. The number of allylic oxidation sites excluding steroid dienone is 1. The van der Waals surface area contributed by atoms with Gasteiger partial charge < -0.3 is 9.64 Å². The van der Waals surface area contributed by atoms with E-state index in [4.69, 9.17) is 4.74 Å². The van der Waals surface area contributed by atoms with E-state index in [2.05, 4.69) is 30.8 Å². The summed E-state index contributed by atoms with van der Waals surface area (Å²) in [5.74, 6) is 0.228. The molecule has 1 fully saturated rings. The summed E-state index contributed by atoms with van der Waals surface area (Å²) in [7, 11) is 0. The van der Waals surface area contributed by atoms with Gasteiger partial charge in [0.2, 0.25) is 5.91 Å². The number of benzene rings is 1. The smallest absolute Gasteiger partial charge is 0.223 e. The molecule has 1 aliphatic heterocycles. The Labute approximate surface area is 127 Å². The van der Waals surface area contributed by atoms with E-state index in [0.717, 1.165) is 38.8 Å². The number of hydrogen-bond donors (Lipinski definition) is 0. The Balaban J connectivity index is 1.71. The van der Waals surface area contributed by atoms with Crippen LogP contribution in [0.25, 0.3) is 0 Å². The molecule has 2 rings (SSSR count). The molecule has 0 aliphatic carbocycles. The van der Waals surface area contributed by atoms with Gasteiger partial charge in [0.05, 0.1) is 12.7 Å². The first-order valence-electron chi connectivity index (χ1n) is 7.84. The summed E-state index contributed by atoms with van der Waals surface area (Å²) in [5.41, 5.74) is 1.37. The zero-order valence-corrected chi connectivity index (χ0v) is 12.7. The maximum atomic E-state index is 12.0. The van der Waals surface area contributed by atoms with E-state index in [1.54, 1.807) is 6.08 Å². The van der Waals surface area contributed by atoms with Crippen molar-refractivity contribution in [3.8, 4) is 0 Å². The van der Waals surface area contributed by atoms with Gasteiger partial charge in [0, 0.05) is 19.5 Å². The van der Waals surface area contributed by atoms with Crippen molar-refractivity contribution in [1.29, 1.82) is 0 Å². The fourth-order valence-electron chi connectivity index (χ4n) is 2.68. The van der Waals surface area contributed by atoms with Crippen LogP contribution in [-0.4, -0.2) is 36.6 Å². The van der Waals surface area contributed by atoms with Gasteiger partial charge in [0.25, 0.3) is 0 Å². The minimum absolute atomic E-state index is 0.190. The number of nitrogens with zero attached hydrogens (tertiary/aromatic N) is 1. The van der Waals surface area contributed by atoms with Crippen molar-refractivity contribution < 1.29 is 9.53 Å². The summed E-state index contributed by atoms with van der Waals surface area (Å²) >= 11 is 0. The predicted molar refractivity (Wildman–Crippen MR) is 85.1 cm³/mol. The van der Waals surface area contributed by atoms with E-state index in [0.29, 0.717) is 13.0 Å². The molecule has 1 atom stereocenters. The Morgan fingerprint density at radius 2 is 2.19 bits per heavy atom. The van der Waals surface area contributed by atoms with Crippen LogP contribution in [0.2, 0.25) is 0 Å². The second kappa shape index (κ2) is 8.63. The number of rotatable bonds is 7. The second-order valence-electron chi connectivity index (χ2n) is 5.54. The van der Waals surface area contributed by atoms with Crippen molar-refractivity contribution in [1.82, 2.24) is 4.90 Å². The molecule has 114 valence electrons. The Morgan fingerprint density at radius 1 is 1.38 bits per heavy atom. The molecule has 0 spiro atoms. The van der Waals surface area contributed by atoms with Crippen LogP contribution >= 0.6 is 0 Å². The maximum Gasteiger partial charge on any atom is 0.223 e. The molecule has 3 heteroatoms. The SMILES string of the molecule is C=CCCC(=O)N1CCOC(CCCc2ccccc2)C1. The minimum Gasteiger partial charge on any atom is -0.375 e. The molecule has 0 bridgehead atoms. The van der Waals surface area contributed by atoms with E-state index < -0.39 is 0 Å². The van der Waals surface area contributed by atoms with Crippen LogP contribution in [-0.2, 0) is 16.0 Å². The molecule has 1 heterocycles. The van der Waals surface area contributed by atoms with Crippen LogP contribution in [0.5, 0.6) is 0 Å². The van der Waals surface area contributed by atoms with Gasteiger partial charge in [-0.1, -0.05) is 36.4 Å². The first-order chi connectivity index (χ1) is 10.3. The lowest BCUT2D eigenvalue weighted by Crippen LogP contribution is -2.45. The van der Waals surface area contributed by atoms with Gasteiger partial charge in [-0.25, -0.2) is 0 Å². The van der Waals surface area contributed by atoms with Crippen LogP contribution in [0.1, 0.15) is 31.2 Å². The minimum atomic E-state index is 0.190. The van der Waals surface area contributed by atoms with Gasteiger partial charge in [0.1, 0.15) is 0 Å². The van der Waals surface area contributed by atoms with Crippen molar-refractivity contribution in [3.63, 3.8) is 0 Å². The van der Waals surface area contributed by atoms with E-state index in [-0.39, 0.29) is 12.0 Å². The third-order valence-electron chi connectivity index (χ3n) is 3.89. The lowest BCUT2D eigenvalue weighted by atomic mass is 10.0. The van der Waals surface area contributed by atoms with Crippen LogP contribution in [0.3, 0.4) is 0 Å². The molecule has 0 N–H and O–H groups in total. The summed E-state index contributed by atoms with van der Waals surface area (Å²) in [6.07, 6.45) is 6.51. The molecule has 1 aliphatic rings. The summed E-state index contributed by atoms with van der Waals surface area (Å²) in [5, 5.41) is 0.